The summed E-state index contributed by atoms with van der Waals surface area (Å²) in [6, 6.07) is 19.5. The van der Waals surface area contributed by atoms with Crippen molar-refractivity contribution in [3.05, 3.63) is 90.5 Å². The van der Waals surface area contributed by atoms with Gasteiger partial charge < -0.3 is 4.90 Å². The third kappa shape index (κ3) is 3.43. The highest BCUT2D eigenvalue weighted by Gasteiger charge is 2.30. The number of nitrogens with zero attached hydrogens (tertiary/aromatic N) is 4. The first-order valence-electron chi connectivity index (χ1n) is 10.3. The lowest BCUT2D eigenvalue weighted by Crippen LogP contribution is -2.39. The highest BCUT2D eigenvalue weighted by atomic mass is 16.2. The molecule has 1 atom stereocenters. The van der Waals surface area contributed by atoms with Crippen LogP contribution in [0.25, 0.3) is 22.2 Å². The van der Waals surface area contributed by atoms with Crippen molar-refractivity contribution in [1.29, 1.82) is 0 Å². The van der Waals surface area contributed by atoms with E-state index in [1.165, 1.54) is 0 Å². The van der Waals surface area contributed by atoms with E-state index in [9.17, 15) is 4.79 Å². The molecule has 1 saturated heterocycles. The molecule has 1 aromatic carbocycles. The Morgan fingerprint density at radius 2 is 1.87 bits per heavy atom. The normalized spacial score (nSPS) is 16.5. The number of rotatable bonds is 3. The molecule has 0 saturated carbocycles. The second-order valence-corrected chi connectivity index (χ2v) is 7.58. The van der Waals surface area contributed by atoms with Gasteiger partial charge in [-0.2, -0.15) is 0 Å². The molecule has 1 aliphatic rings. The van der Waals surface area contributed by atoms with Crippen LogP contribution < -0.4 is 0 Å². The van der Waals surface area contributed by atoms with Crippen molar-refractivity contribution in [3.63, 3.8) is 0 Å². The number of hydrogen-bond donors (Lipinski definition) is 0. The van der Waals surface area contributed by atoms with Gasteiger partial charge in [0, 0.05) is 36.1 Å². The zero-order valence-corrected chi connectivity index (χ0v) is 16.6. The van der Waals surface area contributed by atoms with Crippen LogP contribution in [-0.2, 0) is 0 Å². The van der Waals surface area contributed by atoms with Gasteiger partial charge in [-0.15, -0.1) is 0 Å². The second kappa shape index (κ2) is 8.03. The maximum Gasteiger partial charge on any atom is 0.255 e. The summed E-state index contributed by atoms with van der Waals surface area (Å²) in [4.78, 5) is 29.4. The monoisotopic (exact) mass is 394 g/mol. The van der Waals surface area contributed by atoms with Crippen molar-refractivity contribution < 1.29 is 4.79 Å². The summed E-state index contributed by atoms with van der Waals surface area (Å²) in [5, 5.41) is 0.875. The number of fused-ring (bicyclic) bond motifs is 1. The molecule has 0 aliphatic carbocycles. The molecule has 5 nitrogen and oxygen atoms in total. The van der Waals surface area contributed by atoms with E-state index in [0.29, 0.717) is 5.56 Å². The van der Waals surface area contributed by atoms with Crippen LogP contribution >= 0.6 is 0 Å². The molecule has 0 N–H and O–H groups in total. The number of amides is 1. The smallest absolute Gasteiger partial charge is 0.255 e. The predicted molar refractivity (Wildman–Crippen MR) is 117 cm³/mol. The number of carbonyl (C=O) groups excluding carboxylic acids is 1. The summed E-state index contributed by atoms with van der Waals surface area (Å²) in [6.07, 6.45) is 8.36. The maximum absolute atomic E-state index is 13.8. The molecule has 30 heavy (non-hydrogen) atoms. The van der Waals surface area contributed by atoms with Crippen LogP contribution in [0.3, 0.4) is 0 Å². The van der Waals surface area contributed by atoms with E-state index in [-0.39, 0.29) is 11.9 Å². The number of aromatic nitrogens is 3. The van der Waals surface area contributed by atoms with Crippen LogP contribution in [0.15, 0.2) is 79.3 Å². The predicted octanol–water partition coefficient (Wildman–Crippen LogP) is 5.06. The van der Waals surface area contributed by atoms with Crippen LogP contribution in [0.1, 0.15) is 41.4 Å². The zero-order chi connectivity index (χ0) is 20.3. The van der Waals surface area contributed by atoms with E-state index in [0.717, 1.165) is 53.7 Å². The molecular formula is C25H22N4O. The molecule has 0 bridgehead atoms. The number of benzene rings is 1. The van der Waals surface area contributed by atoms with Gasteiger partial charge in [-0.3, -0.25) is 14.8 Å². The molecular weight excluding hydrogens is 372 g/mol. The first-order chi connectivity index (χ1) is 14.8. The minimum Gasteiger partial charge on any atom is -0.330 e. The standard InChI is InChI=1S/C25H22N4O/c30-25(29-15-6-4-12-24(29)22-11-3-5-14-27-22)20-16-23(18-8-7-13-26-17-18)28-21-10-2-1-9-19(20)21/h1-3,5,7-11,13-14,16-17,24H,4,6,12,15H2. The van der Waals surface area contributed by atoms with Crippen molar-refractivity contribution >= 4 is 16.8 Å². The lowest BCUT2D eigenvalue weighted by Gasteiger charge is -2.35. The minimum absolute atomic E-state index is 0.00113. The Balaban J connectivity index is 1.61. The van der Waals surface area contributed by atoms with Gasteiger partial charge in [-0.1, -0.05) is 24.3 Å². The molecule has 5 rings (SSSR count). The summed E-state index contributed by atoms with van der Waals surface area (Å²) in [7, 11) is 0. The summed E-state index contributed by atoms with van der Waals surface area (Å²) in [5.74, 6) is 0.0362. The molecule has 1 amide bonds. The number of carbonyl (C=O) groups is 1. The number of hydrogen-bond acceptors (Lipinski definition) is 4. The molecule has 1 aliphatic heterocycles. The molecule has 0 radical (unpaired) electrons. The van der Waals surface area contributed by atoms with Crippen LogP contribution in [0.4, 0.5) is 0 Å². The fourth-order valence-corrected chi connectivity index (χ4v) is 4.22. The molecule has 1 unspecified atom stereocenters. The topological polar surface area (TPSA) is 59.0 Å². The lowest BCUT2D eigenvalue weighted by molar-refractivity contribution is 0.0608. The van der Waals surface area contributed by atoms with Gasteiger partial charge in [0.05, 0.1) is 28.5 Å². The lowest BCUT2D eigenvalue weighted by atomic mass is 9.96. The van der Waals surface area contributed by atoms with E-state index in [1.807, 2.05) is 65.6 Å². The quantitative estimate of drug-likeness (QED) is 0.487. The van der Waals surface area contributed by atoms with E-state index >= 15 is 0 Å². The fourth-order valence-electron chi connectivity index (χ4n) is 4.22. The average Bonchev–Trinajstić information content (AvgIpc) is 2.84. The van der Waals surface area contributed by atoms with Crippen molar-refractivity contribution in [2.75, 3.05) is 6.54 Å². The van der Waals surface area contributed by atoms with Crippen LogP contribution in [0.5, 0.6) is 0 Å². The Hall–Kier alpha value is -3.60. The average molecular weight is 394 g/mol. The summed E-state index contributed by atoms with van der Waals surface area (Å²) >= 11 is 0. The Kier molecular flexibility index (Phi) is 4.93. The first kappa shape index (κ1) is 18.4. The number of para-hydroxylation sites is 1. The highest BCUT2D eigenvalue weighted by molar-refractivity contribution is 6.07. The third-order valence-corrected chi connectivity index (χ3v) is 5.70. The second-order valence-electron chi connectivity index (χ2n) is 7.58. The molecule has 5 heteroatoms. The Morgan fingerprint density at radius 1 is 0.967 bits per heavy atom. The van der Waals surface area contributed by atoms with Crippen LogP contribution in [-0.4, -0.2) is 32.3 Å². The zero-order valence-electron chi connectivity index (χ0n) is 16.6. The summed E-state index contributed by atoms with van der Waals surface area (Å²) in [5.41, 5.74) is 4.11. The van der Waals surface area contributed by atoms with Crippen molar-refractivity contribution in [1.82, 2.24) is 19.9 Å². The van der Waals surface area contributed by atoms with Crippen molar-refractivity contribution in [3.8, 4) is 11.3 Å². The van der Waals surface area contributed by atoms with Crippen LogP contribution in [0, 0.1) is 0 Å². The summed E-state index contributed by atoms with van der Waals surface area (Å²) in [6.45, 7) is 0.735. The highest BCUT2D eigenvalue weighted by Crippen LogP contribution is 2.33. The van der Waals surface area contributed by atoms with Gasteiger partial charge in [0.25, 0.3) is 5.91 Å². The third-order valence-electron chi connectivity index (χ3n) is 5.70. The first-order valence-corrected chi connectivity index (χ1v) is 10.3. The SMILES string of the molecule is O=C(c1cc(-c2cccnc2)nc2ccccc12)N1CCCCC1c1ccccn1. The molecule has 4 aromatic rings. The van der Waals surface area contributed by atoms with E-state index in [4.69, 9.17) is 4.98 Å². The van der Waals surface area contributed by atoms with E-state index in [1.54, 1.807) is 18.6 Å². The van der Waals surface area contributed by atoms with Gasteiger partial charge in [-0.05, 0) is 55.7 Å². The Bertz CT molecular complexity index is 1180. The summed E-state index contributed by atoms with van der Waals surface area (Å²) < 4.78 is 0. The number of pyridine rings is 3. The minimum atomic E-state index is 0.00113. The van der Waals surface area contributed by atoms with Gasteiger partial charge in [0.1, 0.15) is 0 Å². The van der Waals surface area contributed by atoms with Gasteiger partial charge in [0.15, 0.2) is 0 Å². The van der Waals surface area contributed by atoms with Gasteiger partial charge in [0.2, 0.25) is 0 Å². The molecule has 4 heterocycles. The van der Waals surface area contributed by atoms with E-state index in [2.05, 4.69) is 9.97 Å². The molecule has 3 aromatic heterocycles. The van der Waals surface area contributed by atoms with Gasteiger partial charge >= 0.3 is 0 Å². The van der Waals surface area contributed by atoms with Crippen molar-refractivity contribution in [2.45, 2.75) is 25.3 Å². The molecule has 0 spiro atoms. The molecule has 148 valence electrons. The van der Waals surface area contributed by atoms with Crippen LogP contribution in [0.2, 0.25) is 0 Å². The van der Waals surface area contributed by atoms with Crippen molar-refractivity contribution in [2.24, 2.45) is 0 Å². The Labute approximate surface area is 175 Å². The molecule has 1 fully saturated rings. The number of piperidine rings is 1. The number of likely N-dealkylation sites (tertiary alicyclic amines) is 1. The fraction of sp³-hybridized carbons (Fsp3) is 0.200. The largest absolute Gasteiger partial charge is 0.330 e. The Morgan fingerprint density at radius 3 is 2.70 bits per heavy atom. The van der Waals surface area contributed by atoms with Gasteiger partial charge in [-0.25, -0.2) is 4.98 Å². The van der Waals surface area contributed by atoms with E-state index < -0.39 is 0 Å². The maximum atomic E-state index is 13.8.